The molecule has 0 aliphatic heterocycles. The smallest absolute Gasteiger partial charge is 0.191 e. The molecule has 0 aromatic heterocycles. The zero-order chi connectivity index (χ0) is 19.2. The predicted octanol–water partition coefficient (Wildman–Crippen LogP) is 3.49. The number of hydrogen-bond donors (Lipinski definition) is 2. The third-order valence-corrected chi connectivity index (χ3v) is 5.52. The zero-order valence-electron chi connectivity index (χ0n) is 16.2. The van der Waals surface area contributed by atoms with Gasteiger partial charge >= 0.3 is 0 Å². The summed E-state index contributed by atoms with van der Waals surface area (Å²) in [5.41, 5.74) is 3.05. The lowest BCUT2D eigenvalue weighted by Crippen LogP contribution is -2.38. The SMILES string of the molecule is CN=C(NCc1ccc(S(C)(=O)=O)c(C)c1)NCC(C)c1ccccc1.I. The number of nitrogens with zero attached hydrogens (tertiary/aromatic N) is 1. The van der Waals surface area contributed by atoms with Crippen LogP contribution in [0.3, 0.4) is 0 Å². The van der Waals surface area contributed by atoms with Crippen LogP contribution in [-0.4, -0.2) is 34.2 Å². The van der Waals surface area contributed by atoms with Crippen LogP contribution in [0, 0.1) is 6.92 Å². The quantitative estimate of drug-likeness (QED) is 0.361. The molecule has 0 amide bonds. The van der Waals surface area contributed by atoms with Crippen LogP contribution >= 0.6 is 24.0 Å². The van der Waals surface area contributed by atoms with E-state index in [9.17, 15) is 8.42 Å². The molecule has 148 valence electrons. The molecule has 1 atom stereocenters. The summed E-state index contributed by atoms with van der Waals surface area (Å²) in [5.74, 6) is 1.09. The fraction of sp³-hybridized carbons (Fsp3) is 0.350. The minimum atomic E-state index is -3.19. The molecule has 0 aliphatic carbocycles. The average Bonchev–Trinajstić information content (AvgIpc) is 2.61. The van der Waals surface area contributed by atoms with Gasteiger partial charge in [-0.1, -0.05) is 49.4 Å². The van der Waals surface area contributed by atoms with Gasteiger partial charge in [-0.3, -0.25) is 4.99 Å². The molecule has 2 rings (SSSR count). The topological polar surface area (TPSA) is 70.6 Å². The number of nitrogens with one attached hydrogen (secondary N) is 2. The van der Waals surface area contributed by atoms with Gasteiger partial charge < -0.3 is 10.6 Å². The average molecular weight is 501 g/mol. The minimum absolute atomic E-state index is 0. The van der Waals surface area contributed by atoms with E-state index in [-0.39, 0.29) is 24.0 Å². The number of aliphatic imine (C=N–C) groups is 1. The van der Waals surface area contributed by atoms with Crippen molar-refractivity contribution >= 4 is 39.8 Å². The van der Waals surface area contributed by atoms with E-state index in [0.29, 0.717) is 17.4 Å². The Morgan fingerprint density at radius 2 is 1.78 bits per heavy atom. The van der Waals surface area contributed by atoms with Gasteiger partial charge in [0, 0.05) is 26.4 Å². The molecule has 2 aromatic carbocycles. The Morgan fingerprint density at radius 1 is 1.11 bits per heavy atom. The van der Waals surface area contributed by atoms with E-state index in [0.717, 1.165) is 23.6 Å². The van der Waals surface area contributed by atoms with Crippen molar-refractivity contribution in [3.8, 4) is 0 Å². The molecule has 2 aromatic rings. The van der Waals surface area contributed by atoms with Crippen LogP contribution in [-0.2, 0) is 16.4 Å². The highest BCUT2D eigenvalue weighted by Gasteiger charge is 2.11. The molecule has 5 nitrogen and oxygen atoms in total. The maximum absolute atomic E-state index is 11.7. The lowest BCUT2D eigenvalue weighted by atomic mass is 10.0. The molecular weight excluding hydrogens is 473 g/mol. The number of halogens is 1. The van der Waals surface area contributed by atoms with Gasteiger partial charge in [-0.25, -0.2) is 8.42 Å². The van der Waals surface area contributed by atoms with Crippen molar-refractivity contribution in [2.45, 2.75) is 31.2 Å². The number of rotatable bonds is 6. The van der Waals surface area contributed by atoms with E-state index >= 15 is 0 Å². The second kappa shape index (κ2) is 10.7. The number of benzene rings is 2. The summed E-state index contributed by atoms with van der Waals surface area (Å²) < 4.78 is 23.4. The number of guanidine groups is 1. The van der Waals surface area contributed by atoms with Crippen LogP contribution in [0.1, 0.15) is 29.5 Å². The fourth-order valence-electron chi connectivity index (χ4n) is 2.79. The third kappa shape index (κ3) is 7.14. The van der Waals surface area contributed by atoms with Crippen LogP contribution in [0.15, 0.2) is 58.4 Å². The first-order chi connectivity index (χ1) is 12.3. The van der Waals surface area contributed by atoms with Crippen molar-refractivity contribution in [2.75, 3.05) is 19.8 Å². The van der Waals surface area contributed by atoms with E-state index in [2.05, 4.69) is 34.7 Å². The molecule has 2 N–H and O–H groups in total. The first-order valence-corrected chi connectivity index (χ1v) is 10.5. The van der Waals surface area contributed by atoms with Gasteiger partial charge in [0.2, 0.25) is 0 Å². The third-order valence-electron chi connectivity index (χ3n) is 4.27. The van der Waals surface area contributed by atoms with Gasteiger partial charge in [0.15, 0.2) is 15.8 Å². The summed E-state index contributed by atoms with van der Waals surface area (Å²) in [7, 11) is -1.45. The van der Waals surface area contributed by atoms with E-state index in [1.165, 1.54) is 11.8 Å². The first kappa shape index (κ1) is 23.4. The number of hydrogen-bond acceptors (Lipinski definition) is 3. The van der Waals surface area contributed by atoms with E-state index < -0.39 is 9.84 Å². The minimum Gasteiger partial charge on any atom is -0.356 e. The van der Waals surface area contributed by atoms with E-state index in [1.807, 2.05) is 37.3 Å². The van der Waals surface area contributed by atoms with Crippen molar-refractivity contribution in [3.63, 3.8) is 0 Å². The van der Waals surface area contributed by atoms with Gasteiger partial charge in [0.05, 0.1) is 4.90 Å². The molecule has 27 heavy (non-hydrogen) atoms. The van der Waals surface area contributed by atoms with Crippen molar-refractivity contribution in [3.05, 3.63) is 65.2 Å². The lowest BCUT2D eigenvalue weighted by Gasteiger charge is -2.16. The lowest BCUT2D eigenvalue weighted by molar-refractivity contribution is 0.601. The second-order valence-corrected chi connectivity index (χ2v) is 8.47. The van der Waals surface area contributed by atoms with Crippen LogP contribution in [0.5, 0.6) is 0 Å². The maximum atomic E-state index is 11.7. The maximum Gasteiger partial charge on any atom is 0.191 e. The van der Waals surface area contributed by atoms with Crippen molar-refractivity contribution in [1.82, 2.24) is 10.6 Å². The van der Waals surface area contributed by atoms with Crippen molar-refractivity contribution in [1.29, 1.82) is 0 Å². The molecule has 0 bridgehead atoms. The molecule has 0 saturated heterocycles. The summed E-state index contributed by atoms with van der Waals surface area (Å²) in [6, 6.07) is 15.7. The molecule has 0 fully saturated rings. The Morgan fingerprint density at radius 3 is 2.33 bits per heavy atom. The van der Waals surface area contributed by atoms with Crippen LogP contribution in [0.2, 0.25) is 0 Å². The highest BCUT2D eigenvalue weighted by molar-refractivity contribution is 14.0. The predicted molar refractivity (Wildman–Crippen MR) is 123 cm³/mol. The Kier molecular flexibility index (Phi) is 9.25. The molecule has 7 heteroatoms. The van der Waals surface area contributed by atoms with E-state index in [4.69, 9.17) is 0 Å². The molecular formula is C20H28IN3O2S. The monoisotopic (exact) mass is 501 g/mol. The summed E-state index contributed by atoms with van der Waals surface area (Å²) in [6.07, 6.45) is 1.23. The number of sulfone groups is 1. The molecule has 0 saturated carbocycles. The van der Waals surface area contributed by atoms with Crippen molar-refractivity contribution in [2.24, 2.45) is 4.99 Å². The Balaban J connectivity index is 0.00000364. The summed E-state index contributed by atoms with van der Waals surface area (Å²) in [6.45, 7) is 5.33. The summed E-state index contributed by atoms with van der Waals surface area (Å²) >= 11 is 0. The molecule has 0 radical (unpaired) electrons. The zero-order valence-corrected chi connectivity index (χ0v) is 19.3. The number of aryl methyl sites for hydroxylation is 1. The summed E-state index contributed by atoms with van der Waals surface area (Å²) in [5, 5.41) is 6.60. The standard InChI is InChI=1S/C20H27N3O2S.HI/c1-15-12-17(10-11-19(15)26(4,24)25)14-23-20(21-3)22-13-16(2)18-8-6-5-7-9-18;/h5-12,16H,13-14H2,1-4H3,(H2,21,22,23);1H. The fourth-order valence-corrected chi connectivity index (χ4v) is 3.75. The highest BCUT2D eigenvalue weighted by Crippen LogP contribution is 2.16. The van der Waals surface area contributed by atoms with Gasteiger partial charge in [-0.2, -0.15) is 0 Å². The van der Waals surface area contributed by atoms with Crippen LogP contribution in [0.4, 0.5) is 0 Å². The van der Waals surface area contributed by atoms with Gasteiger partial charge in [-0.15, -0.1) is 24.0 Å². The van der Waals surface area contributed by atoms with Crippen molar-refractivity contribution < 1.29 is 8.42 Å². The van der Waals surface area contributed by atoms with Gasteiger partial charge in [-0.05, 0) is 35.6 Å². The first-order valence-electron chi connectivity index (χ1n) is 8.60. The van der Waals surface area contributed by atoms with E-state index in [1.54, 1.807) is 13.1 Å². The molecule has 0 heterocycles. The molecule has 0 aliphatic rings. The van der Waals surface area contributed by atoms with Crippen LogP contribution < -0.4 is 10.6 Å². The largest absolute Gasteiger partial charge is 0.356 e. The van der Waals surface area contributed by atoms with Gasteiger partial charge in [0.25, 0.3) is 0 Å². The Labute approximate surface area is 179 Å². The summed E-state index contributed by atoms with van der Waals surface area (Å²) in [4.78, 5) is 4.62. The normalized spacial score (nSPS) is 12.8. The Hall–Kier alpha value is -1.61. The molecule has 0 spiro atoms. The molecule has 1 unspecified atom stereocenters. The van der Waals surface area contributed by atoms with Crippen LogP contribution in [0.25, 0.3) is 0 Å². The highest BCUT2D eigenvalue weighted by atomic mass is 127. The van der Waals surface area contributed by atoms with Gasteiger partial charge in [0.1, 0.15) is 0 Å². The second-order valence-electron chi connectivity index (χ2n) is 6.49. The Bertz CT molecular complexity index is 868.